The number of anilines is 1. The summed E-state index contributed by atoms with van der Waals surface area (Å²) in [6.07, 6.45) is 2.32. The average Bonchev–Trinajstić information content (AvgIpc) is 2.98. The molecule has 0 spiro atoms. The third-order valence-corrected chi connectivity index (χ3v) is 4.95. The highest BCUT2D eigenvalue weighted by atomic mass is 32.2. The Hall–Kier alpha value is -1.80. The molecule has 1 aromatic rings. The van der Waals surface area contributed by atoms with Crippen LogP contribution in [-0.4, -0.2) is 51.2 Å². The van der Waals surface area contributed by atoms with E-state index in [-0.39, 0.29) is 5.91 Å². The van der Waals surface area contributed by atoms with Crippen LogP contribution in [0, 0.1) is 0 Å². The number of sulfonamides is 1. The fraction of sp³-hybridized carbons (Fsp3) is 0.533. The summed E-state index contributed by atoms with van der Waals surface area (Å²) in [5.74, 6) is 0.766. The van der Waals surface area contributed by atoms with E-state index in [4.69, 9.17) is 9.47 Å². The summed E-state index contributed by atoms with van der Waals surface area (Å²) in [4.78, 5) is 12.4. The van der Waals surface area contributed by atoms with Crippen molar-refractivity contribution in [2.75, 3.05) is 31.8 Å². The van der Waals surface area contributed by atoms with Gasteiger partial charge in [-0.3, -0.25) is 4.79 Å². The van der Waals surface area contributed by atoms with Crippen molar-refractivity contribution in [3.63, 3.8) is 0 Å². The first-order valence-electron chi connectivity index (χ1n) is 7.45. The number of hydrogen-bond donors (Lipinski definition) is 1. The number of methoxy groups -OCH3 is 1. The van der Waals surface area contributed by atoms with Crippen LogP contribution in [0.3, 0.4) is 0 Å². The number of hydrogen-bond acceptors (Lipinski definition) is 5. The molecule has 1 heterocycles. The molecular formula is C15H22N2O5S. The van der Waals surface area contributed by atoms with Crippen molar-refractivity contribution in [3.05, 3.63) is 18.2 Å². The standard InChI is InChI=1S/C15H22N2O5S/c1-4-22-13-8-7-11(10-14(13)21-2)16-15(18)12-6-5-9-17(12)23(3,19)20/h7-8,10,12H,4-6,9H2,1-3H3,(H,16,18). The Morgan fingerprint density at radius 2 is 2.13 bits per heavy atom. The Labute approximate surface area is 136 Å². The van der Waals surface area contributed by atoms with E-state index < -0.39 is 16.1 Å². The molecule has 1 saturated heterocycles. The molecule has 1 N–H and O–H groups in total. The van der Waals surface area contributed by atoms with Crippen molar-refractivity contribution in [1.82, 2.24) is 4.31 Å². The summed E-state index contributed by atoms with van der Waals surface area (Å²) in [5.41, 5.74) is 0.538. The molecular weight excluding hydrogens is 320 g/mol. The van der Waals surface area contributed by atoms with Gasteiger partial charge in [-0.2, -0.15) is 4.31 Å². The van der Waals surface area contributed by atoms with Crippen molar-refractivity contribution in [3.8, 4) is 11.5 Å². The third-order valence-electron chi connectivity index (χ3n) is 3.66. The lowest BCUT2D eigenvalue weighted by atomic mass is 10.2. The van der Waals surface area contributed by atoms with Gasteiger partial charge in [-0.05, 0) is 31.9 Å². The van der Waals surface area contributed by atoms with Gasteiger partial charge in [-0.25, -0.2) is 8.42 Å². The van der Waals surface area contributed by atoms with Gasteiger partial charge in [0.2, 0.25) is 15.9 Å². The highest BCUT2D eigenvalue weighted by molar-refractivity contribution is 7.88. The normalized spacial score (nSPS) is 18.7. The monoisotopic (exact) mass is 342 g/mol. The quantitative estimate of drug-likeness (QED) is 0.846. The van der Waals surface area contributed by atoms with Gasteiger partial charge in [0.1, 0.15) is 6.04 Å². The van der Waals surface area contributed by atoms with E-state index in [1.54, 1.807) is 18.2 Å². The smallest absolute Gasteiger partial charge is 0.242 e. The molecule has 23 heavy (non-hydrogen) atoms. The minimum absolute atomic E-state index is 0.334. The summed E-state index contributed by atoms with van der Waals surface area (Å²) < 4.78 is 35.4. The van der Waals surface area contributed by atoms with Crippen molar-refractivity contribution in [2.24, 2.45) is 0 Å². The molecule has 2 rings (SSSR count). The zero-order chi connectivity index (χ0) is 17.0. The highest BCUT2D eigenvalue weighted by Crippen LogP contribution is 2.30. The van der Waals surface area contributed by atoms with Gasteiger partial charge < -0.3 is 14.8 Å². The number of carbonyl (C=O) groups excluding carboxylic acids is 1. The van der Waals surface area contributed by atoms with Crippen LogP contribution in [0.1, 0.15) is 19.8 Å². The van der Waals surface area contributed by atoms with Crippen molar-refractivity contribution < 1.29 is 22.7 Å². The number of ether oxygens (including phenoxy) is 2. The Balaban J connectivity index is 2.14. The maximum atomic E-state index is 12.4. The number of nitrogens with one attached hydrogen (secondary N) is 1. The predicted molar refractivity (Wildman–Crippen MR) is 87.4 cm³/mol. The lowest BCUT2D eigenvalue weighted by molar-refractivity contribution is -0.119. The molecule has 1 fully saturated rings. The van der Waals surface area contributed by atoms with Crippen LogP contribution in [0.25, 0.3) is 0 Å². The van der Waals surface area contributed by atoms with Crippen LogP contribution in [0.15, 0.2) is 18.2 Å². The van der Waals surface area contributed by atoms with Crippen LogP contribution in [0.4, 0.5) is 5.69 Å². The average molecular weight is 342 g/mol. The summed E-state index contributed by atoms with van der Waals surface area (Å²) in [6, 6.07) is 4.40. The molecule has 0 bridgehead atoms. The van der Waals surface area contributed by atoms with Crippen LogP contribution >= 0.6 is 0 Å². The lowest BCUT2D eigenvalue weighted by Gasteiger charge is -2.21. The van der Waals surface area contributed by atoms with Gasteiger partial charge in [-0.1, -0.05) is 0 Å². The Morgan fingerprint density at radius 1 is 1.39 bits per heavy atom. The summed E-state index contributed by atoms with van der Waals surface area (Å²) in [5, 5.41) is 2.75. The first kappa shape index (κ1) is 17.6. The van der Waals surface area contributed by atoms with Gasteiger partial charge in [0.25, 0.3) is 0 Å². The van der Waals surface area contributed by atoms with Crippen molar-refractivity contribution >= 4 is 21.6 Å². The molecule has 0 radical (unpaired) electrons. The topological polar surface area (TPSA) is 84.9 Å². The van der Waals surface area contributed by atoms with Crippen molar-refractivity contribution in [2.45, 2.75) is 25.8 Å². The van der Waals surface area contributed by atoms with E-state index in [0.717, 1.165) is 6.26 Å². The molecule has 0 aromatic heterocycles. The second-order valence-electron chi connectivity index (χ2n) is 5.32. The number of nitrogens with zero attached hydrogens (tertiary/aromatic N) is 1. The highest BCUT2D eigenvalue weighted by Gasteiger charge is 2.36. The molecule has 0 saturated carbocycles. The van der Waals surface area contributed by atoms with Crippen LogP contribution < -0.4 is 14.8 Å². The first-order valence-corrected chi connectivity index (χ1v) is 9.30. The molecule has 7 nitrogen and oxygen atoms in total. The minimum Gasteiger partial charge on any atom is -0.493 e. The zero-order valence-electron chi connectivity index (χ0n) is 13.5. The second kappa shape index (κ2) is 7.18. The third kappa shape index (κ3) is 4.14. The SMILES string of the molecule is CCOc1ccc(NC(=O)C2CCCN2S(C)(=O)=O)cc1OC. The minimum atomic E-state index is -3.39. The van der Waals surface area contributed by atoms with Gasteiger partial charge in [0.15, 0.2) is 11.5 Å². The van der Waals surface area contributed by atoms with Gasteiger partial charge in [-0.15, -0.1) is 0 Å². The molecule has 1 amide bonds. The zero-order valence-corrected chi connectivity index (χ0v) is 14.4. The number of benzene rings is 1. The molecule has 1 atom stereocenters. The molecule has 1 unspecified atom stereocenters. The predicted octanol–water partition coefficient (Wildman–Crippen LogP) is 1.46. The molecule has 1 aromatic carbocycles. The lowest BCUT2D eigenvalue weighted by Crippen LogP contribution is -2.42. The van der Waals surface area contributed by atoms with Gasteiger partial charge in [0, 0.05) is 18.3 Å². The van der Waals surface area contributed by atoms with E-state index in [1.807, 2.05) is 6.92 Å². The van der Waals surface area contributed by atoms with E-state index in [9.17, 15) is 13.2 Å². The van der Waals surface area contributed by atoms with Crippen LogP contribution in [0.5, 0.6) is 11.5 Å². The number of carbonyl (C=O) groups is 1. The van der Waals surface area contributed by atoms with Gasteiger partial charge in [0.05, 0.1) is 20.0 Å². The molecule has 1 aliphatic heterocycles. The van der Waals surface area contributed by atoms with E-state index in [0.29, 0.717) is 43.2 Å². The molecule has 0 aliphatic carbocycles. The summed E-state index contributed by atoms with van der Waals surface area (Å²) in [6.45, 7) is 2.76. The summed E-state index contributed by atoms with van der Waals surface area (Å²) in [7, 11) is -1.87. The van der Waals surface area contributed by atoms with Crippen LogP contribution in [0.2, 0.25) is 0 Å². The molecule has 8 heteroatoms. The van der Waals surface area contributed by atoms with Gasteiger partial charge >= 0.3 is 0 Å². The van der Waals surface area contributed by atoms with E-state index in [2.05, 4.69) is 5.32 Å². The van der Waals surface area contributed by atoms with E-state index >= 15 is 0 Å². The Kier molecular flexibility index (Phi) is 5.48. The number of amides is 1. The Bertz CT molecular complexity index is 674. The largest absolute Gasteiger partial charge is 0.493 e. The fourth-order valence-corrected chi connectivity index (χ4v) is 3.77. The number of rotatable bonds is 6. The Morgan fingerprint density at radius 3 is 2.74 bits per heavy atom. The molecule has 128 valence electrons. The fourth-order valence-electron chi connectivity index (χ4n) is 2.64. The first-order chi connectivity index (χ1) is 10.9. The van der Waals surface area contributed by atoms with Crippen LogP contribution in [-0.2, 0) is 14.8 Å². The molecule has 1 aliphatic rings. The maximum absolute atomic E-state index is 12.4. The maximum Gasteiger partial charge on any atom is 0.242 e. The summed E-state index contributed by atoms with van der Waals surface area (Å²) >= 11 is 0. The van der Waals surface area contributed by atoms with E-state index in [1.165, 1.54) is 11.4 Å². The van der Waals surface area contributed by atoms with Crippen molar-refractivity contribution in [1.29, 1.82) is 0 Å². The second-order valence-corrected chi connectivity index (χ2v) is 7.25.